The first kappa shape index (κ1) is 21.5. The number of para-hydroxylation sites is 1. The van der Waals surface area contributed by atoms with E-state index in [4.69, 9.17) is 4.74 Å². The molecule has 0 saturated heterocycles. The summed E-state index contributed by atoms with van der Waals surface area (Å²) in [5, 5.41) is 16.2. The number of anilines is 2. The van der Waals surface area contributed by atoms with Gasteiger partial charge in [0.1, 0.15) is 5.75 Å². The topological polar surface area (TPSA) is 111 Å². The van der Waals surface area contributed by atoms with E-state index in [1.807, 2.05) is 32.0 Å². The highest BCUT2D eigenvalue weighted by molar-refractivity contribution is 6.10. The molecule has 0 unspecified atom stereocenters. The second-order valence-electron chi connectivity index (χ2n) is 6.84. The van der Waals surface area contributed by atoms with Crippen molar-refractivity contribution < 1.29 is 19.2 Å². The summed E-state index contributed by atoms with van der Waals surface area (Å²) in [7, 11) is 0. The fraction of sp³-hybridized carbons (Fsp3) is 0.130. The monoisotopic (exact) mass is 419 g/mol. The number of aryl methyl sites for hydroxylation is 1. The largest absolute Gasteiger partial charge is 0.484 e. The molecule has 0 atom stereocenters. The standard InChI is InChI=1S/C23H21N3O5/c1-15-6-5-9-20(16(15)2)25-23(28)19-7-3-4-8-21(19)24-22(27)14-31-18-12-10-17(11-13-18)26(29)30/h3-13H,14H2,1-2H3,(H,24,27)(H,25,28). The Labute approximate surface area is 179 Å². The predicted octanol–water partition coefficient (Wildman–Crippen LogP) is 4.48. The van der Waals surface area contributed by atoms with Gasteiger partial charge in [0, 0.05) is 17.8 Å². The quantitative estimate of drug-likeness (QED) is 0.433. The molecule has 0 aliphatic heterocycles. The van der Waals surface area contributed by atoms with Gasteiger partial charge in [-0.2, -0.15) is 0 Å². The smallest absolute Gasteiger partial charge is 0.269 e. The SMILES string of the molecule is Cc1cccc(NC(=O)c2ccccc2NC(=O)COc2ccc([N+](=O)[O-])cc2)c1C. The highest BCUT2D eigenvalue weighted by atomic mass is 16.6. The second kappa shape index (κ2) is 9.53. The lowest BCUT2D eigenvalue weighted by molar-refractivity contribution is -0.384. The Bertz CT molecular complexity index is 1130. The number of nitro groups is 1. The molecule has 0 fully saturated rings. The summed E-state index contributed by atoms with van der Waals surface area (Å²) in [5.74, 6) is -0.493. The number of hydrogen-bond acceptors (Lipinski definition) is 5. The predicted molar refractivity (Wildman–Crippen MR) is 118 cm³/mol. The Hall–Kier alpha value is -4.20. The van der Waals surface area contributed by atoms with Gasteiger partial charge in [-0.1, -0.05) is 24.3 Å². The molecule has 158 valence electrons. The van der Waals surface area contributed by atoms with E-state index in [0.717, 1.165) is 11.1 Å². The molecule has 3 rings (SSSR count). The number of carbonyl (C=O) groups excluding carboxylic acids is 2. The highest BCUT2D eigenvalue weighted by Crippen LogP contribution is 2.22. The molecule has 31 heavy (non-hydrogen) atoms. The molecular formula is C23H21N3O5. The van der Waals surface area contributed by atoms with Gasteiger partial charge >= 0.3 is 0 Å². The van der Waals surface area contributed by atoms with Crippen LogP contribution < -0.4 is 15.4 Å². The molecule has 0 spiro atoms. The first-order chi connectivity index (χ1) is 14.8. The Morgan fingerprint density at radius 1 is 0.903 bits per heavy atom. The third kappa shape index (κ3) is 5.45. The minimum Gasteiger partial charge on any atom is -0.484 e. The van der Waals surface area contributed by atoms with Crippen LogP contribution in [0.5, 0.6) is 5.75 Å². The Kier molecular flexibility index (Phi) is 6.61. The molecule has 2 amide bonds. The molecule has 0 saturated carbocycles. The summed E-state index contributed by atoms with van der Waals surface area (Å²) in [5.41, 5.74) is 3.32. The van der Waals surface area contributed by atoms with Crippen molar-refractivity contribution in [2.24, 2.45) is 0 Å². The van der Waals surface area contributed by atoms with E-state index < -0.39 is 10.8 Å². The van der Waals surface area contributed by atoms with E-state index in [-0.39, 0.29) is 18.2 Å². The number of ether oxygens (including phenoxy) is 1. The van der Waals surface area contributed by atoms with Crippen LogP contribution in [0.15, 0.2) is 66.7 Å². The van der Waals surface area contributed by atoms with Gasteiger partial charge in [0.25, 0.3) is 17.5 Å². The van der Waals surface area contributed by atoms with Crippen LogP contribution in [0.2, 0.25) is 0 Å². The van der Waals surface area contributed by atoms with Crippen LogP contribution >= 0.6 is 0 Å². The average Bonchev–Trinajstić information content (AvgIpc) is 2.76. The van der Waals surface area contributed by atoms with Crippen LogP contribution in [0.1, 0.15) is 21.5 Å². The number of benzene rings is 3. The summed E-state index contributed by atoms with van der Waals surface area (Å²) >= 11 is 0. The van der Waals surface area contributed by atoms with E-state index in [0.29, 0.717) is 22.7 Å². The summed E-state index contributed by atoms with van der Waals surface area (Å²) < 4.78 is 5.36. The van der Waals surface area contributed by atoms with Gasteiger partial charge in [-0.25, -0.2) is 0 Å². The molecule has 8 heteroatoms. The molecule has 0 heterocycles. The van der Waals surface area contributed by atoms with Crippen LogP contribution in [0.4, 0.5) is 17.1 Å². The normalized spacial score (nSPS) is 10.3. The minimum atomic E-state index is -0.517. The fourth-order valence-electron chi connectivity index (χ4n) is 2.87. The molecule has 3 aromatic carbocycles. The Morgan fingerprint density at radius 2 is 1.58 bits per heavy atom. The van der Waals surface area contributed by atoms with Gasteiger partial charge < -0.3 is 15.4 Å². The summed E-state index contributed by atoms with van der Waals surface area (Å²) in [4.78, 5) is 35.3. The van der Waals surface area contributed by atoms with E-state index in [9.17, 15) is 19.7 Å². The van der Waals surface area contributed by atoms with E-state index in [2.05, 4.69) is 10.6 Å². The molecule has 8 nitrogen and oxygen atoms in total. The maximum Gasteiger partial charge on any atom is 0.269 e. The van der Waals surface area contributed by atoms with Crippen LogP contribution in [0, 0.1) is 24.0 Å². The molecule has 0 bridgehead atoms. The zero-order valence-corrected chi connectivity index (χ0v) is 17.0. The number of nitrogens with zero attached hydrogens (tertiary/aromatic N) is 1. The minimum absolute atomic E-state index is 0.0689. The lowest BCUT2D eigenvalue weighted by Crippen LogP contribution is -2.23. The van der Waals surface area contributed by atoms with Crippen molar-refractivity contribution in [3.05, 3.63) is 93.5 Å². The van der Waals surface area contributed by atoms with Gasteiger partial charge in [-0.15, -0.1) is 0 Å². The maximum atomic E-state index is 12.8. The highest BCUT2D eigenvalue weighted by Gasteiger charge is 2.15. The van der Waals surface area contributed by atoms with Crippen LogP contribution in [0.3, 0.4) is 0 Å². The van der Waals surface area contributed by atoms with Crippen molar-refractivity contribution in [1.29, 1.82) is 0 Å². The first-order valence-electron chi connectivity index (χ1n) is 9.49. The van der Waals surface area contributed by atoms with E-state index in [1.165, 1.54) is 24.3 Å². The van der Waals surface area contributed by atoms with Crippen LogP contribution in [-0.4, -0.2) is 23.3 Å². The summed E-state index contributed by atoms with van der Waals surface area (Å²) in [6, 6.07) is 17.7. The number of amides is 2. The first-order valence-corrected chi connectivity index (χ1v) is 9.49. The molecule has 3 aromatic rings. The molecule has 0 aliphatic rings. The lowest BCUT2D eigenvalue weighted by Gasteiger charge is -2.14. The van der Waals surface area contributed by atoms with Crippen molar-refractivity contribution in [3.8, 4) is 5.75 Å². The van der Waals surface area contributed by atoms with Gasteiger partial charge in [0.05, 0.1) is 16.2 Å². The van der Waals surface area contributed by atoms with E-state index in [1.54, 1.807) is 24.3 Å². The molecule has 0 radical (unpaired) electrons. The second-order valence-corrected chi connectivity index (χ2v) is 6.84. The third-order valence-corrected chi connectivity index (χ3v) is 4.72. The van der Waals surface area contributed by atoms with Crippen molar-refractivity contribution in [2.75, 3.05) is 17.2 Å². The summed E-state index contributed by atoms with van der Waals surface area (Å²) in [6.07, 6.45) is 0. The van der Waals surface area contributed by atoms with Crippen molar-refractivity contribution >= 4 is 28.9 Å². The van der Waals surface area contributed by atoms with E-state index >= 15 is 0 Å². The van der Waals surface area contributed by atoms with Gasteiger partial charge in [0.2, 0.25) is 0 Å². The van der Waals surface area contributed by atoms with Crippen LogP contribution in [0.25, 0.3) is 0 Å². The zero-order valence-electron chi connectivity index (χ0n) is 17.0. The number of nitrogens with one attached hydrogen (secondary N) is 2. The van der Waals surface area contributed by atoms with Gasteiger partial charge in [-0.3, -0.25) is 19.7 Å². The number of nitro benzene ring substituents is 1. The number of carbonyl (C=O) groups is 2. The number of hydrogen-bond donors (Lipinski definition) is 2. The summed E-state index contributed by atoms with van der Waals surface area (Å²) in [6.45, 7) is 3.57. The lowest BCUT2D eigenvalue weighted by atomic mass is 10.1. The third-order valence-electron chi connectivity index (χ3n) is 4.72. The molecular weight excluding hydrogens is 398 g/mol. The van der Waals surface area contributed by atoms with Crippen molar-refractivity contribution in [1.82, 2.24) is 0 Å². The molecule has 0 aromatic heterocycles. The zero-order chi connectivity index (χ0) is 22.4. The van der Waals surface area contributed by atoms with Crippen molar-refractivity contribution in [2.45, 2.75) is 13.8 Å². The average molecular weight is 419 g/mol. The molecule has 2 N–H and O–H groups in total. The Balaban J connectivity index is 1.65. The van der Waals surface area contributed by atoms with Gasteiger partial charge in [0.15, 0.2) is 6.61 Å². The molecule has 0 aliphatic carbocycles. The fourth-order valence-corrected chi connectivity index (χ4v) is 2.87. The van der Waals surface area contributed by atoms with Crippen molar-refractivity contribution in [3.63, 3.8) is 0 Å². The Morgan fingerprint density at radius 3 is 2.29 bits per heavy atom. The number of non-ortho nitro benzene ring substituents is 1. The van der Waals surface area contributed by atoms with Crippen LogP contribution in [-0.2, 0) is 4.79 Å². The number of rotatable bonds is 7. The maximum absolute atomic E-state index is 12.8. The van der Waals surface area contributed by atoms with Gasteiger partial charge in [-0.05, 0) is 55.3 Å².